The molecule has 1 aliphatic carbocycles. The van der Waals surface area contributed by atoms with Gasteiger partial charge in [0.15, 0.2) is 5.96 Å². The Morgan fingerprint density at radius 3 is 2.50 bits per heavy atom. The summed E-state index contributed by atoms with van der Waals surface area (Å²) in [6.45, 7) is 5.04. The van der Waals surface area contributed by atoms with E-state index in [0.717, 1.165) is 37.7 Å². The van der Waals surface area contributed by atoms with Crippen LogP contribution in [0, 0.1) is 12.8 Å². The minimum absolute atomic E-state index is 0.275. The first-order chi connectivity index (χ1) is 12.5. The zero-order valence-corrected chi connectivity index (χ0v) is 16.4. The Morgan fingerprint density at radius 2 is 1.85 bits per heavy atom. The summed E-state index contributed by atoms with van der Waals surface area (Å²) in [5.41, 5.74) is 1.03. The van der Waals surface area contributed by atoms with Gasteiger partial charge in [0.2, 0.25) is 10.0 Å². The molecule has 1 aliphatic rings. The van der Waals surface area contributed by atoms with E-state index in [9.17, 15) is 8.42 Å². The number of hydrogen-bond donors (Lipinski definition) is 3. The number of guanidine groups is 1. The van der Waals surface area contributed by atoms with Gasteiger partial charge in [-0.3, -0.25) is 4.99 Å². The van der Waals surface area contributed by atoms with Crippen LogP contribution in [0.25, 0.3) is 0 Å². The van der Waals surface area contributed by atoms with Gasteiger partial charge in [0.1, 0.15) is 0 Å². The van der Waals surface area contributed by atoms with Crippen molar-refractivity contribution in [2.75, 3.05) is 39.9 Å². The first kappa shape index (κ1) is 20.7. The van der Waals surface area contributed by atoms with E-state index in [4.69, 9.17) is 4.74 Å². The van der Waals surface area contributed by atoms with Gasteiger partial charge in [0.05, 0.1) is 4.90 Å². The highest BCUT2D eigenvalue weighted by molar-refractivity contribution is 7.89. The quantitative estimate of drug-likeness (QED) is 0.304. The highest BCUT2D eigenvalue weighted by atomic mass is 32.2. The minimum atomic E-state index is -3.48. The zero-order valence-electron chi connectivity index (χ0n) is 15.6. The van der Waals surface area contributed by atoms with Gasteiger partial charge in [-0.25, -0.2) is 13.1 Å². The SMILES string of the molecule is CN=C(NCCCOCC1CC1)NCCNS(=O)(=O)c1ccc(C)cc1. The second kappa shape index (κ2) is 10.5. The summed E-state index contributed by atoms with van der Waals surface area (Å²) < 4.78 is 32.5. The number of aryl methyl sites for hydroxylation is 1. The molecule has 26 heavy (non-hydrogen) atoms. The summed E-state index contributed by atoms with van der Waals surface area (Å²) in [6, 6.07) is 6.79. The summed E-state index contributed by atoms with van der Waals surface area (Å²) in [7, 11) is -1.79. The van der Waals surface area contributed by atoms with Crippen molar-refractivity contribution in [1.29, 1.82) is 0 Å². The highest BCUT2D eigenvalue weighted by Gasteiger charge is 2.20. The molecule has 0 bridgehead atoms. The molecule has 1 fully saturated rings. The molecule has 0 aromatic heterocycles. The number of aliphatic imine (C=N–C) groups is 1. The first-order valence-corrected chi connectivity index (χ1v) is 10.6. The molecular weight excluding hydrogens is 352 g/mol. The summed E-state index contributed by atoms with van der Waals surface area (Å²) in [5.74, 6) is 1.45. The van der Waals surface area contributed by atoms with E-state index in [2.05, 4.69) is 20.3 Å². The van der Waals surface area contributed by atoms with E-state index in [0.29, 0.717) is 12.5 Å². The molecule has 8 heteroatoms. The number of rotatable bonds is 11. The molecule has 1 aromatic rings. The van der Waals surface area contributed by atoms with Crippen molar-refractivity contribution in [3.05, 3.63) is 29.8 Å². The third-order valence-corrected chi connectivity index (χ3v) is 5.55. The van der Waals surface area contributed by atoms with Crippen molar-refractivity contribution in [3.63, 3.8) is 0 Å². The Balaban J connectivity index is 1.58. The Kier molecular flexibility index (Phi) is 8.34. The van der Waals surface area contributed by atoms with Gasteiger partial charge in [0.25, 0.3) is 0 Å². The molecule has 0 aliphatic heterocycles. The fourth-order valence-electron chi connectivity index (χ4n) is 2.30. The molecular formula is C18H30N4O3S. The van der Waals surface area contributed by atoms with E-state index >= 15 is 0 Å². The molecule has 3 N–H and O–H groups in total. The van der Waals surface area contributed by atoms with Gasteiger partial charge < -0.3 is 15.4 Å². The molecule has 7 nitrogen and oxygen atoms in total. The smallest absolute Gasteiger partial charge is 0.240 e. The van der Waals surface area contributed by atoms with Crippen molar-refractivity contribution in [3.8, 4) is 0 Å². The molecule has 0 spiro atoms. The lowest BCUT2D eigenvalue weighted by atomic mass is 10.2. The average Bonchev–Trinajstić information content (AvgIpc) is 3.44. The fraction of sp³-hybridized carbons (Fsp3) is 0.611. The summed E-state index contributed by atoms with van der Waals surface area (Å²) in [6.07, 6.45) is 3.53. The molecule has 0 unspecified atom stereocenters. The number of benzene rings is 1. The molecule has 0 radical (unpaired) electrons. The Hall–Kier alpha value is -1.64. The van der Waals surface area contributed by atoms with Gasteiger partial charge >= 0.3 is 0 Å². The van der Waals surface area contributed by atoms with Crippen LogP contribution in [0.1, 0.15) is 24.8 Å². The average molecular weight is 383 g/mol. The van der Waals surface area contributed by atoms with Crippen molar-refractivity contribution >= 4 is 16.0 Å². The Labute approximate surface area is 156 Å². The van der Waals surface area contributed by atoms with Crippen LogP contribution in [-0.4, -0.2) is 54.3 Å². The third-order valence-electron chi connectivity index (χ3n) is 4.07. The van der Waals surface area contributed by atoms with Crippen LogP contribution < -0.4 is 15.4 Å². The van der Waals surface area contributed by atoms with Crippen LogP contribution in [0.3, 0.4) is 0 Å². The second-order valence-corrected chi connectivity index (χ2v) is 8.28. The lowest BCUT2D eigenvalue weighted by molar-refractivity contribution is 0.123. The first-order valence-electron chi connectivity index (χ1n) is 9.10. The number of ether oxygens (including phenoxy) is 1. The number of sulfonamides is 1. The topological polar surface area (TPSA) is 91.8 Å². The van der Waals surface area contributed by atoms with E-state index in [-0.39, 0.29) is 11.4 Å². The van der Waals surface area contributed by atoms with Gasteiger partial charge in [-0.15, -0.1) is 0 Å². The van der Waals surface area contributed by atoms with E-state index in [1.165, 1.54) is 12.8 Å². The van der Waals surface area contributed by atoms with Crippen LogP contribution in [0.15, 0.2) is 34.2 Å². The molecule has 1 aromatic carbocycles. The van der Waals surface area contributed by atoms with Gasteiger partial charge in [-0.1, -0.05) is 17.7 Å². The van der Waals surface area contributed by atoms with Crippen LogP contribution in [0.5, 0.6) is 0 Å². The van der Waals surface area contributed by atoms with Crippen molar-refractivity contribution in [1.82, 2.24) is 15.4 Å². The number of nitrogens with zero attached hydrogens (tertiary/aromatic N) is 1. The maximum Gasteiger partial charge on any atom is 0.240 e. The predicted octanol–water partition coefficient (Wildman–Crippen LogP) is 1.26. The van der Waals surface area contributed by atoms with Crippen LogP contribution in [0.2, 0.25) is 0 Å². The summed E-state index contributed by atoms with van der Waals surface area (Å²) >= 11 is 0. The zero-order chi connectivity index (χ0) is 18.8. The molecule has 0 saturated heterocycles. The van der Waals surface area contributed by atoms with Crippen LogP contribution in [-0.2, 0) is 14.8 Å². The molecule has 0 heterocycles. The molecule has 2 rings (SSSR count). The number of hydrogen-bond acceptors (Lipinski definition) is 4. The second-order valence-electron chi connectivity index (χ2n) is 6.51. The predicted molar refractivity (Wildman–Crippen MR) is 104 cm³/mol. The van der Waals surface area contributed by atoms with E-state index < -0.39 is 10.0 Å². The van der Waals surface area contributed by atoms with Crippen LogP contribution in [0.4, 0.5) is 0 Å². The summed E-state index contributed by atoms with van der Waals surface area (Å²) in [5, 5.41) is 6.28. The Bertz CT molecular complexity index is 670. The van der Waals surface area contributed by atoms with Crippen LogP contribution >= 0.6 is 0 Å². The van der Waals surface area contributed by atoms with Crippen molar-refractivity contribution in [2.45, 2.75) is 31.1 Å². The molecule has 146 valence electrons. The lowest BCUT2D eigenvalue weighted by Crippen LogP contribution is -2.42. The standard InChI is InChI=1S/C18H30N4O3S/c1-15-4-8-17(9-5-15)26(23,24)22-12-11-21-18(19-2)20-10-3-13-25-14-16-6-7-16/h4-5,8-9,16,22H,3,6-7,10-14H2,1-2H3,(H2,19,20,21). The number of nitrogens with one attached hydrogen (secondary N) is 3. The summed E-state index contributed by atoms with van der Waals surface area (Å²) in [4.78, 5) is 4.40. The lowest BCUT2D eigenvalue weighted by Gasteiger charge is -2.12. The molecule has 0 atom stereocenters. The largest absolute Gasteiger partial charge is 0.381 e. The minimum Gasteiger partial charge on any atom is -0.381 e. The van der Waals surface area contributed by atoms with Gasteiger partial charge in [-0.2, -0.15) is 0 Å². The van der Waals surface area contributed by atoms with Gasteiger partial charge in [0, 0.05) is 39.9 Å². The van der Waals surface area contributed by atoms with E-state index in [1.807, 2.05) is 6.92 Å². The normalized spacial score (nSPS) is 15.1. The maximum absolute atomic E-state index is 12.2. The van der Waals surface area contributed by atoms with Crippen molar-refractivity contribution < 1.29 is 13.2 Å². The fourth-order valence-corrected chi connectivity index (χ4v) is 3.34. The van der Waals surface area contributed by atoms with Gasteiger partial charge in [-0.05, 0) is 44.2 Å². The van der Waals surface area contributed by atoms with Crippen molar-refractivity contribution in [2.24, 2.45) is 10.9 Å². The highest BCUT2D eigenvalue weighted by Crippen LogP contribution is 2.28. The third kappa shape index (κ3) is 7.72. The Morgan fingerprint density at radius 1 is 1.15 bits per heavy atom. The maximum atomic E-state index is 12.2. The molecule has 0 amide bonds. The van der Waals surface area contributed by atoms with E-state index in [1.54, 1.807) is 31.3 Å². The monoisotopic (exact) mass is 382 g/mol. The molecule has 1 saturated carbocycles.